The quantitative estimate of drug-likeness (QED) is 0.629. The van der Waals surface area contributed by atoms with E-state index in [1.54, 1.807) is 18.4 Å². The van der Waals surface area contributed by atoms with E-state index < -0.39 is 0 Å². The van der Waals surface area contributed by atoms with Gasteiger partial charge in [0.25, 0.3) is 0 Å². The van der Waals surface area contributed by atoms with E-state index in [1.807, 2.05) is 24.3 Å². The van der Waals surface area contributed by atoms with Gasteiger partial charge in [0.2, 0.25) is 5.91 Å². The first-order chi connectivity index (χ1) is 13.1. The zero-order valence-corrected chi connectivity index (χ0v) is 16.9. The van der Waals surface area contributed by atoms with Gasteiger partial charge < -0.3 is 9.73 Å². The van der Waals surface area contributed by atoms with Crippen LogP contribution in [0.15, 0.2) is 51.6 Å². The Bertz CT molecular complexity index is 737. The van der Waals surface area contributed by atoms with Gasteiger partial charge >= 0.3 is 0 Å². The van der Waals surface area contributed by atoms with E-state index in [9.17, 15) is 9.59 Å². The molecule has 1 aromatic heterocycles. The van der Waals surface area contributed by atoms with Gasteiger partial charge in [-0.2, -0.15) is 0 Å². The number of amides is 1. The summed E-state index contributed by atoms with van der Waals surface area (Å²) in [5, 5.41) is 2.98. The molecule has 5 nitrogen and oxygen atoms in total. The Balaban J connectivity index is 1.50. The highest BCUT2D eigenvalue weighted by atomic mass is 79.9. The largest absolute Gasteiger partial charge is 0.468 e. The van der Waals surface area contributed by atoms with Crippen molar-refractivity contribution in [3.63, 3.8) is 0 Å². The van der Waals surface area contributed by atoms with Crippen molar-refractivity contribution < 1.29 is 14.0 Å². The number of benzene rings is 1. The first-order valence-electron chi connectivity index (χ1n) is 9.46. The number of hydrogen-bond donors (Lipinski definition) is 1. The number of nitrogens with zero attached hydrogens (tertiary/aromatic N) is 1. The van der Waals surface area contributed by atoms with Gasteiger partial charge in [-0.25, -0.2) is 0 Å². The number of rotatable bonds is 8. The lowest BCUT2D eigenvalue weighted by atomic mass is 10.1. The van der Waals surface area contributed by atoms with Crippen molar-refractivity contribution >= 4 is 27.6 Å². The van der Waals surface area contributed by atoms with Crippen LogP contribution in [0.3, 0.4) is 0 Å². The summed E-state index contributed by atoms with van der Waals surface area (Å²) in [5.41, 5.74) is 0.632. The SMILES string of the molecule is O=C(CCC(=O)c1ccc(Br)cc1)NCC(c1ccco1)N1CCCCC1. The summed E-state index contributed by atoms with van der Waals surface area (Å²) in [4.78, 5) is 26.9. The van der Waals surface area contributed by atoms with Crippen LogP contribution in [0.1, 0.15) is 54.3 Å². The second-order valence-electron chi connectivity index (χ2n) is 6.86. The van der Waals surface area contributed by atoms with Gasteiger partial charge in [-0.05, 0) is 50.2 Å². The van der Waals surface area contributed by atoms with Crippen LogP contribution < -0.4 is 5.32 Å². The Morgan fingerprint density at radius 3 is 2.48 bits per heavy atom. The second kappa shape index (κ2) is 9.85. The number of furan rings is 1. The molecule has 1 fully saturated rings. The monoisotopic (exact) mass is 432 g/mol. The molecule has 2 aromatic rings. The van der Waals surface area contributed by atoms with Gasteiger partial charge in [0.1, 0.15) is 5.76 Å². The van der Waals surface area contributed by atoms with Gasteiger partial charge in [-0.3, -0.25) is 14.5 Å². The smallest absolute Gasteiger partial charge is 0.220 e. The van der Waals surface area contributed by atoms with Crippen molar-refractivity contribution in [3.05, 3.63) is 58.5 Å². The van der Waals surface area contributed by atoms with E-state index in [0.717, 1.165) is 23.3 Å². The van der Waals surface area contributed by atoms with Gasteiger partial charge in [-0.15, -0.1) is 0 Å². The minimum atomic E-state index is -0.103. The van der Waals surface area contributed by atoms with E-state index >= 15 is 0 Å². The third-order valence-electron chi connectivity index (χ3n) is 4.94. The van der Waals surface area contributed by atoms with E-state index in [1.165, 1.54) is 19.3 Å². The average Bonchev–Trinajstić information content (AvgIpc) is 3.22. The van der Waals surface area contributed by atoms with Gasteiger partial charge in [0.15, 0.2) is 5.78 Å². The fourth-order valence-corrected chi connectivity index (χ4v) is 3.69. The van der Waals surface area contributed by atoms with Crippen LogP contribution >= 0.6 is 15.9 Å². The lowest BCUT2D eigenvalue weighted by Gasteiger charge is -2.33. The summed E-state index contributed by atoms with van der Waals surface area (Å²) in [6.45, 7) is 2.53. The molecule has 0 saturated carbocycles. The molecule has 144 valence electrons. The molecule has 0 spiro atoms. The predicted molar refractivity (Wildman–Crippen MR) is 108 cm³/mol. The highest BCUT2D eigenvalue weighted by molar-refractivity contribution is 9.10. The number of ketones is 1. The van der Waals surface area contributed by atoms with Gasteiger partial charge in [0, 0.05) is 29.4 Å². The molecule has 1 saturated heterocycles. The zero-order chi connectivity index (χ0) is 19.1. The summed E-state index contributed by atoms with van der Waals surface area (Å²) in [7, 11) is 0. The Kier molecular flexibility index (Phi) is 7.24. The summed E-state index contributed by atoms with van der Waals surface area (Å²) in [5.74, 6) is 0.758. The fourth-order valence-electron chi connectivity index (χ4n) is 3.43. The first kappa shape index (κ1) is 19.8. The normalized spacial score (nSPS) is 16.0. The first-order valence-corrected chi connectivity index (χ1v) is 10.3. The lowest BCUT2D eigenvalue weighted by Crippen LogP contribution is -2.40. The fraction of sp³-hybridized carbons (Fsp3) is 0.429. The molecule has 0 aliphatic carbocycles. The van der Waals surface area contributed by atoms with Crippen molar-refractivity contribution in [1.29, 1.82) is 0 Å². The van der Waals surface area contributed by atoms with E-state index in [-0.39, 0.29) is 30.6 Å². The Morgan fingerprint density at radius 2 is 1.81 bits per heavy atom. The van der Waals surface area contributed by atoms with E-state index in [0.29, 0.717) is 12.1 Å². The molecular weight excluding hydrogens is 408 g/mol. The standard InChI is InChI=1S/C21H25BrN2O3/c22-17-8-6-16(7-9-17)19(25)10-11-21(26)23-15-18(20-5-4-14-27-20)24-12-2-1-3-13-24/h4-9,14,18H,1-3,10-13,15H2,(H,23,26). The molecule has 1 aromatic carbocycles. The number of hydrogen-bond acceptors (Lipinski definition) is 4. The molecule has 1 N–H and O–H groups in total. The van der Waals surface area contributed by atoms with Crippen LogP contribution in [0.2, 0.25) is 0 Å². The van der Waals surface area contributed by atoms with Crippen LogP contribution in [0, 0.1) is 0 Å². The maximum Gasteiger partial charge on any atom is 0.220 e. The van der Waals surface area contributed by atoms with Crippen molar-refractivity contribution in [2.45, 2.75) is 38.1 Å². The summed E-state index contributed by atoms with van der Waals surface area (Å²) >= 11 is 3.35. The minimum absolute atomic E-state index is 0.0173. The molecule has 0 radical (unpaired) electrons. The minimum Gasteiger partial charge on any atom is -0.468 e. The molecule has 6 heteroatoms. The number of Topliss-reactive ketones (excluding diaryl/α,β-unsaturated/α-hetero) is 1. The molecule has 1 aliphatic heterocycles. The number of likely N-dealkylation sites (tertiary alicyclic amines) is 1. The predicted octanol–water partition coefficient (Wildman–Crippen LogP) is 4.35. The van der Waals surface area contributed by atoms with Crippen LogP contribution in [0.25, 0.3) is 0 Å². The molecule has 0 bridgehead atoms. The van der Waals surface area contributed by atoms with Crippen LogP contribution in [0.4, 0.5) is 0 Å². The average molecular weight is 433 g/mol. The summed E-state index contributed by atoms with van der Waals surface area (Å²) in [6, 6.07) is 11.1. The summed E-state index contributed by atoms with van der Waals surface area (Å²) < 4.78 is 6.53. The Labute approximate surface area is 168 Å². The second-order valence-corrected chi connectivity index (χ2v) is 7.78. The van der Waals surface area contributed by atoms with Crippen LogP contribution in [0.5, 0.6) is 0 Å². The van der Waals surface area contributed by atoms with E-state index in [4.69, 9.17) is 4.42 Å². The number of piperidine rings is 1. The number of carbonyl (C=O) groups is 2. The molecule has 1 unspecified atom stereocenters. The number of carbonyl (C=O) groups excluding carboxylic acids is 2. The molecule has 27 heavy (non-hydrogen) atoms. The molecule has 2 heterocycles. The van der Waals surface area contributed by atoms with Crippen LogP contribution in [-0.2, 0) is 4.79 Å². The highest BCUT2D eigenvalue weighted by Gasteiger charge is 2.24. The van der Waals surface area contributed by atoms with Crippen LogP contribution in [-0.4, -0.2) is 36.2 Å². The maximum absolute atomic E-state index is 12.3. The Morgan fingerprint density at radius 1 is 1.07 bits per heavy atom. The zero-order valence-electron chi connectivity index (χ0n) is 15.3. The van der Waals surface area contributed by atoms with Crippen molar-refractivity contribution in [1.82, 2.24) is 10.2 Å². The third-order valence-corrected chi connectivity index (χ3v) is 5.47. The third kappa shape index (κ3) is 5.78. The highest BCUT2D eigenvalue weighted by Crippen LogP contribution is 2.24. The summed E-state index contributed by atoms with van der Waals surface area (Å²) in [6.07, 6.45) is 5.68. The van der Waals surface area contributed by atoms with Crippen molar-refractivity contribution in [3.8, 4) is 0 Å². The lowest BCUT2D eigenvalue weighted by molar-refractivity contribution is -0.121. The van der Waals surface area contributed by atoms with E-state index in [2.05, 4.69) is 26.1 Å². The van der Waals surface area contributed by atoms with Gasteiger partial charge in [-0.1, -0.05) is 34.5 Å². The number of nitrogens with one attached hydrogen (secondary N) is 1. The Hall–Kier alpha value is -1.92. The molecule has 3 rings (SSSR count). The molecule has 1 atom stereocenters. The molecular formula is C21H25BrN2O3. The topological polar surface area (TPSA) is 62.6 Å². The number of halogens is 1. The maximum atomic E-state index is 12.3. The van der Waals surface area contributed by atoms with Gasteiger partial charge in [0.05, 0.1) is 12.3 Å². The van der Waals surface area contributed by atoms with Crippen molar-refractivity contribution in [2.75, 3.05) is 19.6 Å². The molecule has 1 aliphatic rings. The van der Waals surface area contributed by atoms with Crippen molar-refractivity contribution in [2.24, 2.45) is 0 Å². The molecule has 1 amide bonds.